The minimum Gasteiger partial charge on any atom is -0.309 e. The zero-order valence-electron chi connectivity index (χ0n) is 12.6. The van der Waals surface area contributed by atoms with Crippen molar-refractivity contribution in [3.63, 3.8) is 0 Å². The maximum Gasteiger partial charge on any atom is 0.148 e. The van der Waals surface area contributed by atoms with Gasteiger partial charge in [-0.05, 0) is 63.2 Å². The summed E-state index contributed by atoms with van der Waals surface area (Å²) in [6.45, 7) is 4.68. The van der Waals surface area contributed by atoms with E-state index in [9.17, 15) is 0 Å². The van der Waals surface area contributed by atoms with E-state index in [4.69, 9.17) is 0 Å². The van der Waals surface area contributed by atoms with Gasteiger partial charge in [-0.25, -0.2) is 9.97 Å². The minimum absolute atomic E-state index is 0.977. The summed E-state index contributed by atoms with van der Waals surface area (Å²) in [7, 11) is 0. The smallest absolute Gasteiger partial charge is 0.148 e. The van der Waals surface area contributed by atoms with Crippen LogP contribution in [0.3, 0.4) is 0 Å². The molecule has 2 aromatic rings. The molecule has 0 radical (unpaired) electrons. The molecule has 1 saturated heterocycles. The zero-order chi connectivity index (χ0) is 14.8. The molecule has 4 rings (SSSR count). The molecule has 22 heavy (non-hydrogen) atoms. The van der Waals surface area contributed by atoms with Crippen LogP contribution in [0.5, 0.6) is 0 Å². The van der Waals surface area contributed by atoms with Crippen LogP contribution in [0.2, 0.25) is 0 Å². The van der Waals surface area contributed by atoms with Gasteiger partial charge >= 0.3 is 0 Å². The number of hydrogen-bond donors (Lipinski definition) is 0. The Labute approximate surface area is 135 Å². The van der Waals surface area contributed by atoms with Crippen LogP contribution >= 0.6 is 11.8 Å². The second-order valence-electron chi connectivity index (χ2n) is 5.81. The van der Waals surface area contributed by atoms with Gasteiger partial charge in [0, 0.05) is 18.9 Å². The highest BCUT2D eigenvalue weighted by Crippen LogP contribution is 2.45. The van der Waals surface area contributed by atoms with Crippen molar-refractivity contribution in [2.24, 2.45) is 0 Å². The van der Waals surface area contributed by atoms with Crippen LogP contribution in [0.1, 0.15) is 19.3 Å². The minimum atomic E-state index is 0.977. The van der Waals surface area contributed by atoms with E-state index in [0.29, 0.717) is 0 Å². The lowest BCUT2D eigenvalue weighted by molar-refractivity contribution is 0.335. The first-order valence-electron chi connectivity index (χ1n) is 7.99. The van der Waals surface area contributed by atoms with Gasteiger partial charge in [-0.2, -0.15) is 0 Å². The first-order valence-corrected chi connectivity index (χ1v) is 8.81. The highest BCUT2D eigenvalue weighted by Gasteiger charge is 2.25. The van der Waals surface area contributed by atoms with Crippen LogP contribution in [0.4, 0.5) is 11.6 Å². The highest BCUT2D eigenvalue weighted by molar-refractivity contribution is 7.99. The fourth-order valence-corrected chi connectivity index (χ4v) is 4.26. The molecule has 5 heteroatoms. The molecule has 0 bridgehead atoms. The Hall–Kier alpha value is -1.59. The standard InChI is InChI=1S/C17H20N4S/c1-2-11-20(10-1)12-5-13-21-16-14(6-3-8-18-16)22-15-7-4-9-19-17(15)21/h3-4,6-9H,1-2,5,10-13H2. The van der Waals surface area contributed by atoms with E-state index in [1.54, 1.807) is 11.8 Å². The Morgan fingerprint density at radius 3 is 2.18 bits per heavy atom. The molecule has 0 atom stereocenters. The van der Waals surface area contributed by atoms with Crippen LogP contribution < -0.4 is 4.90 Å². The summed E-state index contributed by atoms with van der Waals surface area (Å²) < 4.78 is 0. The molecule has 0 amide bonds. The summed E-state index contributed by atoms with van der Waals surface area (Å²) in [6, 6.07) is 8.32. The van der Waals surface area contributed by atoms with Crippen molar-refractivity contribution in [1.29, 1.82) is 0 Å². The number of aromatic nitrogens is 2. The van der Waals surface area contributed by atoms with Crippen molar-refractivity contribution in [3.8, 4) is 0 Å². The summed E-state index contributed by atoms with van der Waals surface area (Å²) in [5, 5.41) is 0. The second-order valence-corrected chi connectivity index (χ2v) is 6.89. The number of rotatable bonds is 4. The molecule has 1 fully saturated rings. The molecule has 114 valence electrons. The number of hydrogen-bond acceptors (Lipinski definition) is 5. The molecule has 4 nitrogen and oxygen atoms in total. The molecule has 2 aromatic heterocycles. The molecule has 0 spiro atoms. The van der Waals surface area contributed by atoms with E-state index in [1.165, 1.54) is 42.3 Å². The van der Waals surface area contributed by atoms with Crippen LogP contribution in [0.15, 0.2) is 46.5 Å². The molecule has 0 saturated carbocycles. The molecular weight excluding hydrogens is 292 g/mol. The van der Waals surface area contributed by atoms with Gasteiger partial charge in [-0.3, -0.25) is 0 Å². The van der Waals surface area contributed by atoms with E-state index in [1.807, 2.05) is 24.5 Å². The third-order valence-corrected chi connectivity index (χ3v) is 5.36. The van der Waals surface area contributed by atoms with E-state index >= 15 is 0 Å². The Bertz CT molecular complexity index is 609. The second kappa shape index (κ2) is 6.26. The topological polar surface area (TPSA) is 32.3 Å². The van der Waals surface area contributed by atoms with Crippen LogP contribution in [0, 0.1) is 0 Å². The lowest BCUT2D eigenvalue weighted by atomic mass is 10.3. The number of fused-ring (bicyclic) bond motifs is 2. The Balaban J connectivity index is 1.54. The van der Waals surface area contributed by atoms with Crippen molar-refractivity contribution in [3.05, 3.63) is 36.7 Å². The molecule has 0 unspecified atom stereocenters. The van der Waals surface area contributed by atoms with E-state index < -0.39 is 0 Å². The number of likely N-dealkylation sites (tertiary alicyclic amines) is 1. The van der Waals surface area contributed by atoms with Gasteiger partial charge < -0.3 is 9.80 Å². The van der Waals surface area contributed by atoms with Crippen molar-refractivity contribution in [2.45, 2.75) is 29.1 Å². The number of anilines is 2. The van der Waals surface area contributed by atoms with Crippen LogP contribution in [0.25, 0.3) is 0 Å². The van der Waals surface area contributed by atoms with Gasteiger partial charge in [0.05, 0.1) is 9.79 Å². The lowest BCUT2D eigenvalue weighted by Gasteiger charge is -2.30. The molecular formula is C17H20N4S. The summed E-state index contributed by atoms with van der Waals surface area (Å²) in [4.78, 5) is 16.5. The zero-order valence-corrected chi connectivity index (χ0v) is 13.4. The molecule has 2 aliphatic rings. The Morgan fingerprint density at radius 1 is 0.909 bits per heavy atom. The van der Waals surface area contributed by atoms with Crippen LogP contribution in [-0.4, -0.2) is 41.0 Å². The summed E-state index contributed by atoms with van der Waals surface area (Å²) >= 11 is 1.77. The molecule has 2 aliphatic heterocycles. The summed E-state index contributed by atoms with van der Waals surface area (Å²) in [5.74, 6) is 2.11. The van der Waals surface area contributed by atoms with Gasteiger partial charge in [-0.15, -0.1) is 0 Å². The van der Waals surface area contributed by atoms with Crippen molar-refractivity contribution in [2.75, 3.05) is 31.1 Å². The van der Waals surface area contributed by atoms with Gasteiger partial charge in [-0.1, -0.05) is 11.8 Å². The number of nitrogens with zero attached hydrogens (tertiary/aromatic N) is 4. The predicted molar refractivity (Wildman–Crippen MR) is 89.9 cm³/mol. The fourth-order valence-electron chi connectivity index (χ4n) is 3.22. The van der Waals surface area contributed by atoms with Crippen molar-refractivity contribution in [1.82, 2.24) is 14.9 Å². The largest absolute Gasteiger partial charge is 0.309 e. The van der Waals surface area contributed by atoms with Gasteiger partial charge in [0.2, 0.25) is 0 Å². The summed E-state index contributed by atoms with van der Waals surface area (Å²) in [6.07, 6.45) is 7.61. The quantitative estimate of drug-likeness (QED) is 0.862. The normalized spacial score (nSPS) is 17.4. The van der Waals surface area contributed by atoms with E-state index in [0.717, 1.165) is 24.6 Å². The molecule has 4 heterocycles. The van der Waals surface area contributed by atoms with E-state index in [-0.39, 0.29) is 0 Å². The maximum atomic E-state index is 4.60. The van der Waals surface area contributed by atoms with Crippen LogP contribution in [-0.2, 0) is 0 Å². The Kier molecular flexibility index (Phi) is 3.99. The monoisotopic (exact) mass is 312 g/mol. The third kappa shape index (κ3) is 2.71. The number of pyridine rings is 2. The van der Waals surface area contributed by atoms with Crippen molar-refractivity contribution >= 4 is 23.4 Å². The summed E-state index contributed by atoms with van der Waals surface area (Å²) in [5.41, 5.74) is 0. The molecule has 0 aliphatic carbocycles. The third-order valence-electron chi connectivity index (χ3n) is 4.29. The SMILES string of the molecule is c1cnc2c(c1)Sc1cccnc1N2CCCN1CCCC1. The van der Waals surface area contributed by atoms with Crippen molar-refractivity contribution < 1.29 is 0 Å². The van der Waals surface area contributed by atoms with Gasteiger partial charge in [0.1, 0.15) is 11.6 Å². The van der Waals surface area contributed by atoms with E-state index in [2.05, 4.69) is 31.9 Å². The maximum absolute atomic E-state index is 4.60. The first kappa shape index (κ1) is 14.0. The average Bonchev–Trinajstić information content (AvgIpc) is 3.07. The van der Waals surface area contributed by atoms with Gasteiger partial charge in [0.15, 0.2) is 0 Å². The first-order chi connectivity index (χ1) is 10.9. The van der Waals surface area contributed by atoms with Gasteiger partial charge in [0.25, 0.3) is 0 Å². The average molecular weight is 312 g/mol. The lowest BCUT2D eigenvalue weighted by Crippen LogP contribution is -2.28. The fraction of sp³-hybridized carbons (Fsp3) is 0.412. The highest BCUT2D eigenvalue weighted by atomic mass is 32.2. The Morgan fingerprint density at radius 2 is 1.55 bits per heavy atom. The predicted octanol–water partition coefficient (Wildman–Crippen LogP) is 3.57. The molecule has 0 aromatic carbocycles. The molecule has 0 N–H and O–H groups in total.